The molecule has 0 saturated carbocycles. The Morgan fingerprint density at radius 3 is 2.40 bits per heavy atom. The third-order valence-corrected chi connectivity index (χ3v) is 3.86. The molecule has 1 amide bonds. The van der Waals surface area contributed by atoms with Crippen LogP contribution in [0, 0.1) is 11.6 Å². The number of amides is 1. The fourth-order valence-corrected chi connectivity index (χ4v) is 2.19. The third-order valence-electron chi connectivity index (χ3n) is 3.86. The normalized spacial score (nSPS) is 11.7. The molecular weight excluding hydrogens is 328 g/mol. The Hall–Kier alpha value is -2.76. The van der Waals surface area contributed by atoms with E-state index in [1.165, 1.54) is 5.56 Å². The summed E-state index contributed by atoms with van der Waals surface area (Å²) < 4.78 is 31.0. The summed E-state index contributed by atoms with van der Waals surface area (Å²) in [6.07, 6.45) is 1.02. The second-order valence-corrected chi connectivity index (χ2v) is 5.68. The van der Waals surface area contributed by atoms with Crippen LogP contribution in [0.15, 0.2) is 42.5 Å². The predicted molar refractivity (Wildman–Crippen MR) is 90.4 cm³/mol. The van der Waals surface area contributed by atoms with Crippen molar-refractivity contribution in [3.63, 3.8) is 0 Å². The van der Waals surface area contributed by atoms with Gasteiger partial charge in [-0.05, 0) is 42.2 Å². The molecular formula is C19H19F2NO3. The van der Waals surface area contributed by atoms with Gasteiger partial charge in [-0.1, -0.05) is 26.0 Å². The van der Waals surface area contributed by atoms with Crippen molar-refractivity contribution in [1.82, 2.24) is 0 Å². The molecule has 0 spiro atoms. The van der Waals surface area contributed by atoms with Crippen LogP contribution in [-0.2, 0) is 9.53 Å². The first-order valence-electron chi connectivity index (χ1n) is 7.92. The number of ether oxygens (including phenoxy) is 1. The molecule has 0 bridgehead atoms. The van der Waals surface area contributed by atoms with Crippen LogP contribution >= 0.6 is 0 Å². The first-order chi connectivity index (χ1) is 11.9. The topological polar surface area (TPSA) is 55.4 Å². The number of anilines is 1. The standard InChI is InChI=1S/C19H19F2NO3/c1-3-12(2)13-4-7-15(8-5-13)22-18(23)11-25-19(24)16-9-6-14(20)10-17(16)21/h4-10,12H,3,11H2,1-2H3,(H,22,23)/t12-/m0/s1. The van der Waals surface area contributed by atoms with Gasteiger partial charge < -0.3 is 10.1 Å². The van der Waals surface area contributed by atoms with E-state index in [1.54, 1.807) is 12.1 Å². The molecule has 2 aromatic carbocycles. The van der Waals surface area contributed by atoms with E-state index in [0.29, 0.717) is 17.7 Å². The van der Waals surface area contributed by atoms with Crippen LogP contribution < -0.4 is 5.32 Å². The van der Waals surface area contributed by atoms with Crippen LogP contribution in [0.2, 0.25) is 0 Å². The molecule has 0 aromatic heterocycles. The molecule has 0 heterocycles. The van der Waals surface area contributed by atoms with Crippen molar-refractivity contribution in [2.75, 3.05) is 11.9 Å². The first-order valence-corrected chi connectivity index (χ1v) is 7.92. The van der Waals surface area contributed by atoms with Crippen LogP contribution in [0.5, 0.6) is 0 Å². The van der Waals surface area contributed by atoms with Gasteiger partial charge in [0.25, 0.3) is 5.91 Å². The van der Waals surface area contributed by atoms with Gasteiger partial charge in [-0.25, -0.2) is 13.6 Å². The van der Waals surface area contributed by atoms with E-state index in [2.05, 4.69) is 19.2 Å². The Bertz CT molecular complexity index is 760. The Balaban J connectivity index is 1.89. The highest BCUT2D eigenvalue weighted by Gasteiger charge is 2.15. The number of carbonyl (C=O) groups is 2. The van der Waals surface area contributed by atoms with Gasteiger partial charge in [-0.3, -0.25) is 4.79 Å². The molecule has 0 radical (unpaired) electrons. The van der Waals surface area contributed by atoms with Gasteiger partial charge in [0, 0.05) is 11.8 Å². The Labute approximate surface area is 144 Å². The number of carbonyl (C=O) groups excluding carboxylic acids is 2. The van der Waals surface area contributed by atoms with Crippen molar-refractivity contribution in [2.45, 2.75) is 26.2 Å². The second kappa shape index (κ2) is 8.37. The van der Waals surface area contributed by atoms with Crippen molar-refractivity contribution < 1.29 is 23.1 Å². The van der Waals surface area contributed by atoms with E-state index in [4.69, 9.17) is 4.74 Å². The van der Waals surface area contributed by atoms with Crippen molar-refractivity contribution in [3.05, 3.63) is 65.2 Å². The van der Waals surface area contributed by atoms with Crippen molar-refractivity contribution in [1.29, 1.82) is 0 Å². The van der Waals surface area contributed by atoms with Crippen LogP contribution in [-0.4, -0.2) is 18.5 Å². The monoisotopic (exact) mass is 347 g/mol. The van der Waals surface area contributed by atoms with Gasteiger partial charge in [0.2, 0.25) is 0 Å². The van der Waals surface area contributed by atoms with E-state index in [9.17, 15) is 18.4 Å². The Morgan fingerprint density at radius 2 is 1.80 bits per heavy atom. The zero-order valence-corrected chi connectivity index (χ0v) is 14.0. The summed E-state index contributed by atoms with van der Waals surface area (Å²) in [5, 5.41) is 2.59. The number of hydrogen-bond donors (Lipinski definition) is 1. The van der Waals surface area contributed by atoms with Gasteiger partial charge in [-0.2, -0.15) is 0 Å². The second-order valence-electron chi connectivity index (χ2n) is 5.68. The molecule has 0 saturated heterocycles. The zero-order valence-electron chi connectivity index (χ0n) is 14.0. The van der Waals surface area contributed by atoms with E-state index >= 15 is 0 Å². The zero-order chi connectivity index (χ0) is 18.4. The fraction of sp³-hybridized carbons (Fsp3) is 0.263. The fourth-order valence-electron chi connectivity index (χ4n) is 2.19. The number of nitrogens with one attached hydrogen (secondary N) is 1. The van der Waals surface area contributed by atoms with Crippen LogP contribution in [0.3, 0.4) is 0 Å². The molecule has 2 aromatic rings. The maximum atomic E-state index is 13.5. The largest absolute Gasteiger partial charge is 0.452 e. The number of rotatable bonds is 6. The minimum atomic E-state index is -1.04. The first kappa shape index (κ1) is 18.6. The SMILES string of the molecule is CC[C@H](C)c1ccc(NC(=O)COC(=O)c2ccc(F)cc2F)cc1. The van der Waals surface area contributed by atoms with Gasteiger partial charge >= 0.3 is 5.97 Å². The van der Waals surface area contributed by atoms with E-state index in [0.717, 1.165) is 18.6 Å². The average molecular weight is 347 g/mol. The average Bonchev–Trinajstić information content (AvgIpc) is 2.59. The molecule has 1 N–H and O–H groups in total. The molecule has 4 nitrogen and oxygen atoms in total. The molecule has 25 heavy (non-hydrogen) atoms. The summed E-state index contributed by atoms with van der Waals surface area (Å²) in [7, 11) is 0. The van der Waals surface area contributed by atoms with Gasteiger partial charge in [0.05, 0.1) is 5.56 Å². The van der Waals surface area contributed by atoms with Crippen LogP contribution in [0.1, 0.15) is 42.1 Å². The summed E-state index contributed by atoms with van der Waals surface area (Å²) in [4.78, 5) is 23.5. The van der Waals surface area contributed by atoms with Crippen LogP contribution in [0.4, 0.5) is 14.5 Å². The molecule has 2 rings (SSSR count). The van der Waals surface area contributed by atoms with Crippen molar-refractivity contribution >= 4 is 17.6 Å². The highest BCUT2D eigenvalue weighted by Crippen LogP contribution is 2.20. The maximum absolute atomic E-state index is 13.5. The third kappa shape index (κ3) is 5.11. The van der Waals surface area contributed by atoms with E-state index in [1.807, 2.05) is 12.1 Å². The number of halogens is 2. The Morgan fingerprint density at radius 1 is 1.12 bits per heavy atom. The lowest BCUT2D eigenvalue weighted by atomic mass is 9.99. The Kier molecular flexibility index (Phi) is 6.22. The van der Waals surface area contributed by atoms with Crippen molar-refractivity contribution in [3.8, 4) is 0 Å². The molecule has 1 atom stereocenters. The van der Waals surface area contributed by atoms with E-state index < -0.39 is 35.7 Å². The van der Waals surface area contributed by atoms with Gasteiger partial charge in [0.1, 0.15) is 11.6 Å². The summed E-state index contributed by atoms with van der Waals surface area (Å²) in [5.74, 6) is -2.98. The highest BCUT2D eigenvalue weighted by atomic mass is 19.1. The summed E-state index contributed by atoms with van der Waals surface area (Å²) >= 11 is 0. The maximum Gasteiger partial charge on any atom is 0.341 e. The van der Waals surface area contributed by atoms with Crippen molar-refractivity contribution in [2.24, 2.45) is 0 Å². The minimum absolute atomic E-state index is 0.424. The number of hydrogen-bond acceptors (Lipinski definition) is 3. The molecule has 0 aliphatic carbocycles. The summed E-state index contributed by atoms with van der Waals surface area (Å²) in [6, 6.07) is 9.86. The minimum Gasteiger partial charge on any atom is -0.452 e. The molecule has 132 valence electrons. The number of benzene rings is 2. The van der Waals surface area contributed by atoms with Crippen LogP contribution in [0.25, 0.3) is 0 Å². The molecule has 6 heteroatoms. The van der Waals surface area contributed by atoms with Gasteiger partial charge in [0.15, 0.2) is 6.61 Å². The lowest BCUT2D eigenvalue weighted by Gasteiger charge is -2.11. The quantitative estimate of drug-likeness (QED) is 0.794. The predicted octanol–water partition coefficient (Wildman–Crippen LogP) is 4.27. The lowest BCUT2D eigenvalue weighted by Crippen LogP contribution is -2.21. The molecule has 0 aliphatic rings. The van der Waals surface area contributed by atoms with E-state index in [-0.39, 0.29) is 0 Å². The summed E-state index contributed by atoms with van der Waals surface area (Å²) in [6.45, 7) is 3.64. The van der Waals surface area contributed by atoms with Gasteiger partial charge in [-0.15, -0.1) is 0 Å². The summed E-state index contributed by atoms with van der Waals surface area (Å²) in [5.41, 5.74) is 1.31. The lowest BCUT2D eigenvalue weighted by molar-refractivity contribution is -0.119. The number of esters is 1. The molecule has 0 fully saturated rings. The molecule has 0 aliphatic heterocycles. The highest BCUT2D eigenvalue weighted by molar-refractivity contribution is 5.95. The smallest absolute Gasteiger partial charge is 0.341 e. The molecule has 0 unspecified atom stereocenters.